The fourth-order valence-corrected chi connectivity index (χ4v) is 2.63. The van der Waals surface area contributed by atoms with Gasteiger partial charge in [-0.3, -0.25) is 9.78 Å². The Morgan fingerprint density at radius 2 is 2.16 bits per heavy atom. The molecule has 0 atom stereocenters. The van der Waals surface area contributed by atoms with Crippen LogP contribution < -0.4 is 10.9 Å². The highest BCUT2D eigenvalue weighted by atomic mass is 32.1. The molecule has 96 valence electrons. The van der Waals surface area contributed by atoms with Crippen molar-refractivity contribution in [3.63, 3.8) is 0 Å². The highest BCUT2D eigenvalue weighted by Gasteiger charge is 2.02. The van der Waals surface area contributed by atoms with Crippen LogP contribution in [0.25, 0.3) is 10.9 Å². The minimum atomic E-state index is -0.108. The number of rotatable bonds is 4. The van der Waals surface area contributed by atoms with Gasteiger partial charge in [-0.25, -0.2) is 4.98 Å². The Labute approximate surface area is 114 Å². The van der Waals surface area contributed by atoms with Crippen LogP contribution in [0.4, 0.5) is 5.95 Å². The predicted octanol–water partition coefficient (Wildman–Crippen LogP) is 2.64. The molecular formula is C14H13N3OS. The third-order valence-corrected chi connectivity index (χ3v) is 3.63. The topological polar surface area (TPSA) is 57.8 Å². The molecule has 0 fully saturated rings. The van der Waals surface area contributed by atoms with E-state index < -0.39 is 0 Å². The summed E-state index contributed by atoms with van der Waals surface area (Å²) < 4.78 is 0. The molecule has 1 aromatic carbocycles. The van der Waals surface area contributed by atoms with E-state index in [9.17, 15) is 4.79 Å². The Morgan fingerprint density at radius 1 is 1.26 bits per heavy atom. The second-order valence-corrected chi connectivity index (χ2v) is 5.02. The quantitative estimate of drug-likeness (QED) is 0.767. The largest absolute Gasteiger partial charge is 0.355 e. The second-order valence-electron chi connectivity index (χ2n) is 4.24. The summed E-state index contributed by atoms with van der Waals surface area (Å²) in [4.78, 5) is 19.0. The molecule has 3 rings (SSSR count). The fraction of sp³-hybridized carbons (Fsp3) is 0.143. The van der Waals surface area contributed by atoms with Crippen molar-refractivity contribution in [2.24, 2.45) is 0 Å². The molecule has 0 amide bonds. The van der Waals surface area contributed by atoms with Gasteiger partial charge in [0, 0.05) is 6.54 Å². The van der Waals surface area contributed by atoms with Crippen LogP contribution in [0.15, 0.2) is 45.9 Å². The highest BCUT2D eigenvalue weighted by molar-refractivity contribution is 7.07. The molecule has 2 heterocycles. The third kappa shape index (κ3) is 2.66. The van der Waals surface area contributed by atoms with E-state index in [2.05, 4.69) is 32.1 Å². The standard InChI is InChI=1S/C14H13N3OS/c18-13-11-3-1-2-4-12(11)16-14(17-13)15-7-5-10-6-8-19-9-10/h1-4,6,8-9H,5,7H2,(H2,15,16,17,18). The first-order chi connectivity index (χ1) is 9.33. The van der Waals surface area contributed by atoms with Crippen molar-refractivity contribution in [3.8, 4) is 0 Å². The fourth-order valence-electron chi connectivity index (χ4n) is 1.93. The highest BCUT2D eigenvalue weighted by Crippen LogP contribution is 2.09. The molecule has 5 heteroatoms. The van der Waals surface area contributed by atoms with Crippen molar-refractivity contribution in [1.29, 1.82) is 0 Å². The summed E-state index contributed by atoms with van der Waals surface area (Å²) in [6.45, 7) is 0.748. The van der Waals surface area contributed by atoms with Gasteiger partial charge in [0.25, 0.3) is 5.56 Å². The van der Waals surface area contributed by atoms with Crippen LogP contribution in [-0.4, -0.2) is 16.5 Å². The first-order valence-electron chi connectivity index (χ1n) is 6.07. The number of nitrogens with zero attached hydrogens (tertiary/aromatic N) is 1. The van der Waals surface area contributed by atoms with Crippen LogP contribution in [-0.2, 0) is 6.42 Å². The molecule has 0 bridgehead atoms. The first-order valence-corrected chi connectivity index (χ1v) is 7.01. The van der Waals surface area contributed by atoms with Crippen LogP contribution in [0.3, 0.4) is 0 Å². The monoisotopic (exact) mass is 271 g/mol. The lowest BCUT2D eigenvalue weighted by Gasteiger charge is -2.05. The number of hydrogen-bond donors (Lipinski definition) is 2. The number of thiophene rings is 1. The summed E-state index contributed by atoms with van der Waals surface area (Å²) >= 11 is 1.69. The Kier molecular flexibility index (Phi) is 3.29. The zero-order chi connectivity index (χ0) is 13.1. The average Bonchev–Trinajstić information content (AvgIpc) is 2.92. The van der Waals surface area contributed by atoms with E-state index in [-0.39, 0.29) is 5.56 Å². The van der Waals surface area contributed by atoms with Crippen molar-refractivity contribution in [3.05, 3.63) is 57.0 Å². The van der Waals surface area contributed by atoms with Crippen molar-refractivity contribution >= 4 is 28.2 Å². The third-order valence-electron chi connectivity index (χ3n) is 2.90. The van der Waals surface area contributed by atoms with Gasteiger partial charge in [-0.15, -0.1) is 0 Å². The number of benzene rings is 1. The molecule has 4 nitrogen and oxygen atoms in total. The van der Waals surface area contributed by atoms with E-state index in [1.165, 1.54) is 5.56 Å². The minimum absolute atomic E-state index is 0.108. The molecule has 0 unspecified atom stereocenters. The van der Waals surface area contributed by atoms with Crippen LogP contribution in [0.5, 0.6) is 0 Å². The van der Waals surface area contributed by atoms with Gasteiger partial charge in [0.2, 0.25) is 5.95 Å². The molecule has 2 N–H and O–H groups in total. The number of para-hydroxylation sites is 1. The molecule has 2 aromatic heterocycles. The molecule has 0 aliphatic rings. The minimum Gasteiger partial charge on any atom is -0.355 e. The molecule has 0 spiro atoms. The number of anilines is 1. The zero-order valence-corrected chi connectivity index (χ0v) is 11.0. The van der Waals surface area contributed by atoms with Crippen molar-refractivity contribution in [2.75, 3.05) is 11.9 Å². The summed E-state index contributed by atoms with van der Waals surface area (Å²) in [6.07, 6.45) is 0.917. The number of hydrogen-bond acceptors (Lipinski definition) is 4. The van der Waals surface area contributed by atoms with Crippen LogP contribution in [0, 0.1) is 0 Å². The van der Waals surface area contributed by atoms with Gasteiger partial charge < -0.3 is 5.32 Å². The van der Waals surface area contributed by atoms with Gasteiger partial charge in [-0.1, -0.05) is 12.1 Å². The van der Waals surface area contributed by atoms with E-state index in [1.807, 2.05) is 18.2 Å². The first kappa shape index (κ1) is 11.9. The number of nitrogens with one attached hydrogen (secondary N) is 2. The lowest BCUT2D eigenvalue weighted by atomic mass is 10.2. The van der Waals surface area contributed by atoms with Gasteiger partial charge in [-0.05, 0) is 40.9 Å². The maximum atomic E-state index is 11.9. The summed E-state index contributed by atoms with van der Waals surface area (Å²) in [6, 6.07) is 9.43. The SMILES string of the molecule is O=c1[nH]c(NCCc2ccsc2)nc2ccccc12. The Hall–Kier alpha value is -2.14. The van der Waals surface area contributed by atoms with Gasteiger partial charge in [0.15, 0.2) is 0 Å². The lowest BCUT2D eigenvalue weighted by Crippen LogP contribution is -2.14. The molecule has 0 saturated carbocycles. The van der Waals surface area contributed by atoms with E-state index in [4.69, 9.17) is 0 Å². The molecule has 3 aromatic rings. The maximum absolute atomic E-state index is 11.9. The maximum Gasteiger partial charge on any atom is 0.260 e. The van der Waals surface area contributed by atoms with Gasteiger partial charge in [0.05, 0.1) is 10.9 Å². The normalized spacial score (nSPS) is 10.7. The number of aromatic nitrogens is 2. The average molecular weight is 271 g/mol. The Balaban J connectivity index is 1.76. The van der Waals surface area contributed by atoms with E-state index in [1.54, 1.807) is 17.4 Å². The molecule has 0 saturated heterocycles. The van der Waals surface area contributed by atoms with Crippen molar-refractivity contribution in [1.82, 2.24) is 9.97 Å². The van der Waals surface area contributed by atoms with Crippen molar-refractivity contribution in [2.45, 2.75) is 6.42 Å². The van der Waals surface area contributed by atoms with Crippen LogP contribution in [0.2, 0.25) is 0 Å². The summed E-state index contributed by atoms with van der Waals surface area (Å²) in [5.41, 5.74) is 1.90. The van der Waals surface area contributed by atoms with Crippen LogP contribution in [0.1, 0.15) is 5.56 Å². The van der Waals surface area contributed by atoms with Gasteiger partial charge in [-0.2, -0.15) is 11.3 Å². The molecule has 19 heavy (non-hydrogen) atoms. The molecule has 0 aliphatic heterocycles. The Bertz CT molecular complexity index is 734. The zero-order valence-electron chi connectivity index (χ0n) is 10.2. The van der Waals surface area contributed by atoms with E-state index in [0.29, 0.717) is 16.9 Å². The van der Waals surface area contributed by atoms with Crippen LogP contribution >= 0.6 is 11.3 Å². The molecule has 0 aliphatic carbocycles. The summed E-state index contributed by atoms with van der Waals surface area (Å²) in [7, 11) is 0. The lowest BCUT2D eigenvalue weighted by molar-refractivity contribution is 0.990. The van der Waals surface area contributed by atoms with Gasteiger partial charge >= 0.3 is 0 Å². The van der Waals surface area contributed by atoms with Crippen molar-refractivity contribution < 1.29 is 0 Å². The number of H-pyrrole nitrogens is 1. The second kappa shape index (κ2) is 5.24. The number of fused-ring (bicyclic) bond motifs is 1. The smallest absolute Gasteiger partial charge is 0.260 e. The van der Waals surface area contributed by atoms with E-state index in [0.717, 1.165) is 13.0 Å². The predicted molar refractivity (Wildman–Crippen MR) is 78.9 cm³/mol. The summed E-state index contributed by atoms with van der Waals surface area (Å²) in [5.74, 6) is 0.527. The number of aromatic amines is 1. The summed E-state index contributed by atoms with van der Waals surface area (Å²) in [5, 5.41) is 7.95. The molecular weight excluding hydrogens is 258 g/mol. The van der Waals surface area contributed by atoms with E-state index >= 15 is 0 Å². The van der Waals surface area contributed by atoms with Gasteiger partial charge in [0.1, 0.15) is 0 Å². The molecule has 0 radical (unpaired) electrons. The Morgan fingerprint density at radius 3 is 3.00 bits per heavy atom.